The summed E-state index contributed by atoms with van der Waals surface area (Å²) in [4.78, 5) is 29.1. The second-order valence-electron chi connectivity index (χ2n) is 4.89. The molecule has 2 aromatic heterocycles. The van der Waals surface area contributed by atoms with E-state index in [0.29, 0.717) is 24.5 Å². The van der Waals surface area contributed by atoms with Crippen LogP contribution in [0.15, 0.2) is 24.5 Å². The van der Waals surface area contributed by atoms with Gasteiger partial charge in [0.1, 0.15) is 11.5 Å². The molecule has 22 heavy (non-hydrogen) atoms. The molecular weight excluding hydrogens is 289 g/mol. The molecule has 0 aliphatic heterocycles. The van der Waals surface area contributed by atoms with Crippen molar-refractivity contribution in [2.45, 2.75) is 19.8 Å². The van der Waals surface area contributed by atoms with Crippen LogP contribution in [0.4, 0.5) is 4.39 Å². The highest BCUT2D eigenvalue weighted by Crippen LogP contribution is 2.08. The number of carbonyl (C=O) groups excluding carboxylic acids is 2. The summed E-state index contributed by atoms with van der Waals surface area (Å²) < 4.78 is 19.5. The SMILES string of the molecule is CCOC(=O)CCN(C)C(=O)Cc1cn2cc(F)ccc2n1. The topological polar surface area (TPSA) is 63.9 Å². The molecule has 0 aliphatic carbocycles. The van der Waals surface area contributed by atoms with Gasteiger partial charge in [-0.2, -0.15) is 0 Å². The number of hydrogen-bond donors (Lipinski definition) is 0. The fourth-order valence-corrected chi connectivity index (χ4v) is 2.01. The van der Waals surface area contributed by atoms with Gasteiger partial charge in [0.25, 0.3) is 0 Å². The molecular formula is C15H18FN3O3. The number of halogens is 1. The van der Waals surface area contributed by atoms with Crippen LogP contribution < -0.4 is 0 Å². The molecule has 2 rings (SSSR count). The maximum absolute atomic E-state index is 13.1. The number of pyridine rings is 1. The van der Waals surface area contributed by atoms with Crippen LogP contribution in [0.2, 0.25) is 0 Å². The maximum Gasteiger partial charge on any atom is 0.307 e. The fourth-order valence-electron chi connectivity index (χ4n) is 2.01. The number of fused-ring (bicyclic) bond motifs is 1. The smallest absolute Gasteiger partial charge is 0.307 e. The predicted octanol–water partition coefficient (Wildman–Crippen LogP) is 1.43. The zero-order valence-electron chi connectivity index (χ0n) is 12.6. The standard InChI is InChI=1S/C15H18FN3O3/c1-3-22-15(21)6-7-18(2)14(20)8-12-10-19-9-11(16)4-5-13(19)17-12/h4-5,9-10H,3,6-8H2,1-2H3. The van der Waals surface area contributed by atoms with Crippen LogP contribution in [0.3, 0.4) is 0 Å². The second kappa shape index (κ2) is 7.02. The van der Waals surface area contributed by atoms with E-state index in [0.717, 1.165) is 0 Å². The lowest BCUT2D eigenvalue weighted by Crippen LogP contribution is -2.30. The predicted molar refractivity (Wildman–Crippen MR) is 77.7 cm³/mol. The molecule has 0 aliphatic rings. The summed E-state index contributed by atoms with van der Waals surface area (Å²) in [5.41, 5.74) is 1.14. The molecule has 0 saturated heterocycles. The third-order valence-electron chi connectivity index (χ3n) is 3.18. The Kier molecular flexibility index (Phi) is 5.08. The molecule has 6 nitrogen and oxygen atoms in total. The Labute approximate surface area is 127 Å². The minimum absolute atomic E-state index is 0.0998. The van der Waals surface area contributed by atoms with Crippen molar-refractivity contribution < 1.29 is 18.7 Å². The number of hydrogen-bond acceptors (Lipinski definition) is 4. The first-order valence-electron chi connectivity index (χ1n) is 7.02. The summed E-state index contributed by atoms with van der Waals surface area (Å²) in [7, 11) is 1.62. The van der Waals surface area contributed by atoms with Gasteiger partial charge < -0.3 is 14.0 Å². The second-order valence-corrected chi connectivity index (χ2v) is 4.89. The van der Waals surface area contributed by atoms with Crippen LogP contribution in [-0.4, -0.2) is 46.4 Å². The van der Waals surface area contributed by atoms with Gasteiger partial charge in [-0.3, -0.25) is 9.59 Å². The molecule has 7 heteroatoms. The number of likely N-dealkylation sites (N-methyl/N-ethyl adjacent to an activating group) is 1. The van der Waals surface area contributed by atoms with Crippen LogP contribution in [0, 0.1) is 5.82 Å². The normalized spacial score (nSPS) is 10.7. The number of ether oxygens (including phenoxy) is 1. The van der Waals surface area contributed by atoms with E-state index in [4.69, 9.17) is 4.74 Å². The van der Waals surface area contributed by atoms with E-state index in [-0.39, 0.29) is 30.5 Å². The highest BCUT2D eigenvalue weighted by atomic mass is 19.1. The highest BCUT2D eigenvalue weighted by Gasteiger charge is 2.14. The van der Waals surface area contributed by atoms with E-state index in [1.165, 1.54) is 21.6 Å². The molecule has 0 unspecified atom stereocenters. The first-order valence-corrected chi connectivity index (χ1v) is 7.02. The molecule has 118 valence electrons. The van der Waals surface area contributed by atoms with Crippen molar-refractivity contribution in [2.24, 2.45) is 0 Å². The van der Waals surface area contributed by atoms with Crippen LogP contribution in [0.5, 0.6) is 0 Å². The van der Waals surface area contributed by atoms with E-state index in [9.17, 15) is 14.0 Å². The van der Waals surface area contributed by atoms with Gasteiger partial charge in [0.05, 0.1) is 25.1 Å². The first-order chi connectivity index (χ1) is 10.5. The Morgan fingerprint density at radius 2 is 2.14 bits per heavy atom. The summed E-state index contributed by atoms with van der Waals surface area (Å²) in [5.74, 6) is -0.854. The number of esters is 1. The Balaban J connectivity index is 1.93. The van der Waals surface area contributed by atoms with Gasteiger partial charge in [0.2, 0.25) is 5.91 Å². The molecule has 2 heterocycles. The van der Waals surface area contributed by atoms with Gasteiger partial charge in [-0.25, -0.2) is 9.37 Å². The Morgan fingerprint density at radius 3 is 2.86 bits per heavy atom. The van der Waals surface area contributed by atoms with Gasteiger partial charge in [-0.15, -0.1) is 0 Å². The van der Waals surface area contributed by atoms with Crippen molar-refractivity contribution in [2.75, 3.05) is 20.2 Å². The van der Waals surface area contributed by atoms with Gasteiger partial charge in [0, 0.05) is 26.0 Å². The van der Waals surface area contributed by atoms with Gasteiger partial charge >= 0.3 is 5.97 Å². The maximum atomic E-state index is 13.1. The number of rotatable bonds is 6. The fraction of sp³-hybridized carbons (Fsp3) is 0.400. The lowest BCUT2D eigenvalue weighted by Gasteiger charge is -2.15. The summed E-state index contributed by atoms with van der Waals surface area (Å²) >= 11 is 0. The van der Waals surface area contributed by atoms with Gasteiger partial charge in [0.15, 0.2) is 0 Å². The van der Waals surface area contributed by atoms with Crippen molar-refractivity contribution in [3.8, 4) is 0 Å². The number of imidazole rings is 1. The molecule has 0 radical (unpaired) electrons. The number of amides is 1. The molecule has 0 spiro atoms. The van der Waals surface area contributed by atoms with Crippen LogP contribution >= 0.6 is 0 Å². The van der Waals surface area contributed by atoms with Crippen molar-refractivity contribution in [3.05, 3.63) is 36.0 Å². The summed E-state index contributed by atoms with van der Waals surface area (Å²) in [6, 6.07) is 2.87. The molecule has 0 bridgehead atoms. The molecule has 1 amide bonds. The summed E-state index contributed by atoms with van der Waals surface area (Å²) in [6.07, 6.45) is 3.19. The quantitative estimate of drug-likeness (QED) is 0.757. The van der Waals surface area contributed by atoms with E-state index in [1.54, 1.807) is 26.2 Å². The molecule has 0 saturated carbocycles. The number of nitrogens with zero attached hydrogens (tertiary/aromatic N) is 3. The summed E-state index contributed by atoms with van der Waals surface area (Å²) in [5, 5.41) is 0. The Hall–Kier alpha value is -2.44. The largest absolute Gasteiger partial charge is 0.466 e. The van der Waals surface area contributed by atoms with E-state index in [2.05, 4.69) is 4.98 Å². The van der Waals surface area contributed by atoms with Crippen molar-refractivity contribution >= 4 is 17.5 Å². The first kappa shape index (κ1) is 15.9. The van der Waals surface area contributed by atoms with Crippen LogP contribution in [0.25, 0.3) is 5.65 Å². The molecule has 2 aromatic rings. The number of aromatic nitrogens is 2. The van der Waals surface area contributed by atoms with Crippen LogP contribution in [0.1, 0.15) is 19.0 Å². The minimum atomic E-state index is -0.366. The molecule has 0 N–H and O–H groups in total. The third kappa shape index (κ3) is 4.03. The van der Waals surface area contributed by atoms with Crippen molar-refractivity contribution in [1.29, 1.82) is 0 Å². The molecule has 0 aromatic carbocycles. The van der Waals surface area contributed by atoms with E-state index in [1.807, 2.05) is 0 Å². The van der Waals surface area contributed by atoms with Crippen LogP contribution in [-0.2, 0) is 20.7 Å². The van der Waals surface area contributed by atoms with Crippen molar-refractivity contribution in [1.82, 2.24) is 14.3 Å². The van der Waals surface area contributed by atoms with Crippen molar-refractivity contribution in [3.63, 3.8) is 0 Å². The lowest BCUT2D eigenvalue weighted by molar-refractivity contribution is -0.143. The average Bonchev–Trinajstić information content (AvgIpc) is 2.86. The molecule has 0 atom stereocenters. The third-order valence-corrected chi connectivity index (χ3v) is 3.18. The molecule has 0 fully saturated rings. The Morgan fingerprint density at radius 1 is 1.36 bits per heavy atom. The number of carbonyl (C=O) groups is 2. The Bertz CT molecular complexity index is 684. The van der Waals surface area contributed by atoms with Gasteiger partial charge in [-0.1, -0.05) is 0 Å². The lowest BCUT2D eigenvalue weighted by atomic mass is 10.3. The summed E-state index contributed by atoms with van der Waals surface area (Å²) in [6.45, 7) is 2.35. The zero-order chi connectivity index (χ0) is 16.1. The zero-order valence-corrected chi connectivity index (χ0v) is 12.6. The monoisotopic (exact) mass is 307 g/mol. The van der Waals surface area contributed by atoms with E-state index < -0.39 is 0 Å². The highest BCUT2D eigenvalue weighted by molar-refractivity contribution is 5.79. The van der Waals surface area contributed by atoms with Gasteiger partial charge in [-0.05, 0) is 19.1 Å². The minimum Gasteiger partial charge on any atom is -0.466 e. The average molecular weight is 307 g/mol. The van der Waals surface area contributed by atoms with E-state index >= 15 is 0 Å².